The Hall–Kier alpha value is -1.93. The van der Waals surface area contributed by atoms with Gasteiger partial charge in [-0.25, -0.2) is 9.97 Å². The quantitative estimate of drug-likeness (QED) is 0.887. The van der Waals surface area contributed by atoms with Crippen LogP contribution in [0.3, 0.4) is 0 Å². The number of thiazole rings is 1. The molecule has 2 aromatic heterocycles. The van der Waals surface area contributed by atoms with Crippen molar-refractivity contribution in [2.75, 3.05) is 43.4 Å². The highest BCUT2D eigenvalue weighted by Gasteiger charge is 2.20. The van der Waals surface area contributed by atoms with Gasteiger partial charge in [0, 0.05) is 56.1 Å². The van der Waals surface area contributed by atoms with Gasteiger partial charge in [-0.1, -0.05) is 0 Å². The average molecular weight is 320 g/mol. The predicted molar refractivity (Wildman–Crippen MR) is 87.2 cm³/mol. The maximum absolute atomic E-state index is 5.67. The molecule has 0 aliphatic carbocycles. The minimum absolute atomic E-state index is 0.613. The minimum atomic E-state index is 0.613. The number of hydrogen-bond donors (Lipinski definition) is 1. The normalized spacial score (nSPS) is 16.0. The van der Waals surface area contributed by atoms with Crippen LogP contribution in [0.4, 0.5) is 11.1 Å². The van der Waals surface area contributed by atoms with Crippen LogP contribution in [0.25, 0.3) is 0 Å². The number of nitrogens with zero attached hydrogens (tertiary/aromatic N) is 5. The third-order valence-electron chi connectivity index (χ3n) is 3.52. The van der Waals surface area contributed by atoms with Gasteiger partial charge in [0.1, 0.15) is 0 Å². The molecule has 0 bridgehead atoms. The summed E-state index contributed by atoms with van der Waals surface area (Å²) in [5, 5.41) is 0.634. The van der Waals surface area contributed by atoms with Crippen molar-refractivity contribution in [1.82, 2.24) is 19.9 Å². The summed E-state index contributed by atoms with van der Waals surface area (Å²) < 4.78 is 5.43. The van der Waals surface area contributed by atoms with Crippen LogP contribution >= 0.6 is 11.3 Å². The first kappa shape index (κ1) is 15.0. The van der Waals surface area contributed by atoms with Crippen LogP contribution in [0.2, 0.25) is 0 Å². The van der Waals surface area contributed by atoms with Crippen molar-refractivity contribution < 1.29 is 4.74 Å². The highest BCUT2D eigenvalue weighted by molar-refractivity contribution is 7.15. The average Bonchev–Trinajstić information content (AvgIpc) is 2.94. The zero-order valence-electron chi connectivity index (χ0n) is 12.6. The summed E-state index contributed by atoms with van der Waals surface area (Å²) in [7, 11) is 0. The zero-order chi connectivity index (χ0) is 15.4. The second kappa shape index (κ2) is 6.89. The van der Waals surface area contributed by atoms with Gasteiger partial charge in [0.25, 0.3) is 0 Å². The Balaban J connectivity index is 1.56. The lowest BCUT2D eigenvalue weighted by Gasteiger charge is -2.34. The summed E-state index contributed by atoms with van der Waals surface area (Å²) in [5.41, 5.74) is 5.67. The van der Waals surface area contributed by atoms with Gasteiger partial charge in [-0.05, 0) is 6.92 Å². The van der Waals surface area contributed by atoms with Crippen LogP contribution in [0.1, 0.15) is 11.8 Å². The summed E-state index contributed by atoms with van der Waals surface area (Å²) in [4.78, 5) is 18.7. The molecule has 118 valence electrons. The van der Waals surface area contributed by atoms with E-state index in [-0.39, 0.29) is 0 Å². The van der Waals surface area contributed by atoms with E-state index in [0.717, 1.165) is 38.7 Å². The maximum Gasteiger partial charge on any atom is 0.228 e. The number of ether oxygens (including phenoxy) is 1. The third kappa shape index (κ3) is 3.63. The van der Waals surface area contributed by atoms with Crippen molar-refractivity contribution in [3.05, 3.63) is 23.3 Å². The largest absolute Gasteiger partial charge is 0.478 e. The molecule has 3 heterocycles. The summed E-state index contributed by atoms with van der Waals surface area (Å²) >= 11 is 1.56. The van der Waals surface area contributed by atoms with Crippen LogP contribution in [0, 0.1) is 0 Å². The Morgan fingerprint density at radius 2 is 2.09 bits per heavy atom. The Kier molecular flexibility index (Phi) is 4.69. The van der Waals surface area contributed by atoms with Gasteiger partial charge in [0.05, 0.1) is 6.61 Å². The van der Waals surface area contributed by atoms with Crippen molar-refractivity contribution >= 4 is 22.4 Å². The second-order valence-corrected chi connectivity index (χ2v) is 6.20. The number of aromatic nitrogens is 3. The molecule has 0 atom stereocenters. The fraction of sp³-hybridized carbons (Fsp3) is 0.500. The van der Waals surface area contributed by atoms with E-state index in [9.17, 15) is 0 Å². The molecule has 2 N–H and O–H groups in total. The number of rotatable bonds is 5. The van der Waals surface area contributed by atoms with Crippen molar-refractivity contribution in [3.63, 3.8) is 0 Å². The van der Waals surface area contributed by atoms with Crippen molar-refractivity contribution in [2.45, 2.75) is 13.5 Å². The number of hydrogen-bond acceptors (Lipinski definition) is 8. The summed E-state index contributed by atoms with van der Waals surface area (Å²) in [6.07, 6.45) is 3.61. The second-order valence-electron chi connectivity index (χ2n) is 5.06. The summed E-state index contributed by atoms with van der Waals surface area (Å²) in [6.45, 7) is 7.23. The fourth-order valence-corrected chi connectivity index (χ4v) is 3.16. The SMILES string of the molecule is CCOc1ccnc(N2CCN(Cc3cnc(N)s3)CC2)n1. The molecule has 8 heteroatoms. The predicted octanol–water partition coefficient (Wildman–Crippen LogP) is 1.24. The molecule has 0 amide bonds. The molecule has 1 fully saturated rings. The molecular formula is C14H20N6OS. The van der Waals surface area contributed by atoms with Gasteiger partial charge in [-0.15, -0.1) is 11.3 Å². The molecule has 0 spiro atoms. The van der Waals surface area contributed by atoms with Crippen LogP contribution < -0.4 is 15.4 Å². The highest BCUT2D eigenvalue weighted by atomic mass is 32.1. The molecule has 3 rings (SSSR count). The van der Waals surface area contributed by atoms with Crippen LogP contribution in [-0.2, 0) is 6.54 Å². The molecule has 0 aromatic carbocycles. The van der Waals surface area contributed by atoms with Crippen molar-refractivity contribution in [1.29, 1.82) is 0 Å². The lowest BCUT2D eigenvalue weighted by Crippen LogP contribution is -2.46. The zero-order valence-corrected chi connectivity index (χ0v) is 13.4. The fourth-order valence-electron chi connectivity index (χ4n) is 2.44. The number of anilines is 2. The van der Waals surface area contributed by atoms with E-state index in [1.54, 1.807) is 23.6 Å². The standard InChI is InChI=1S/C14H20N6OS/c1-2-21-12-3-4-16-14(18-12)20-7-5-19(6-8-20)10-11-9-17-13(15)22-11/h3-4,9H,2,5-8,10H2,1H3,(H2,15,17). The molecule has 1 aliphatic heterocycles. The molecule has 22 heavy (non-hydrogen) atoms. The number of nitrogen functional groups attached to an aromatic ring is 1. The lowest BCUT2D eigenvalue weighted by atomic mass is 10.3. The van der Waals surface area contributed by atoms with Crippen LogP contribution in [-0.4, -0.2) is 52.6 Å². The smallest absolute Gasteiger partial charge is 0.228 e. The minimum Gasteiger partial charge on any atom is -0.478 e. The monoisotopic (exact) mass is 320 g/mol. The molecule has 2 aromatic rings. The van der Waals surface area contributed by atoms with Gasteiger partial charge in [0.2, 0.25) is 11.8 Å². The molecule has 1 saturated heterocycles. The van der Waals surface area contributed by atoms with Gasteiger partial charge in [-0.3, -0.25) is 4.90 Å². The topological polar surface area (TPSA) is 80.4 Å². The third-order valence-corrected chi connectivity index (χ3v) is 4.33. The van der Waals surface area contributed by atoms with Gasteiger partial charge >= 0.3 is 0 Å². The Labute approximate surface area is 133 Å². The Morgan fingerprint density at radius 3 is 2.77 bits per heavy atom. The molecular weight excluding hydrogens is 300 g/mol. The van der Waals surface area contributed by atoms with Crippen LogP contribution in [0.15, 0.2) is 18.5 Å². The molecule has 0 saturated carbocycles. The van der Waals surface area contributed by atoms with E-state index in [4.69, 9.17) is 10.5 Å². The lowest BCUT2D eigenvalue weighted by molar-refractivity contribution is 0.250. The van der Waals surface area contributed by atoms with E-state index in [1.165, 1.54) is 4.88 Å². The number of nitrogens with two attached hydrogens (primary N) is 1. The first-order valence-electron chi connectivity index (χ1n) is 7.38. The van der Waals surface area contributed by atoms with E-state index < -0.39 is 0 Å². The van der Waals surface area contributed by atoms with Crippen molar-refractivity contribution in [3.8, 4) is 5.88 Å². The first-order chi connectivity index (χ1) is 10.7. The molecule has 0 radical (unpaired) electrons. The van der Waals surface area contributed by atoms with Gasteiger partial charge < -0.3 is 15.4 Å². The molecule has 1 aliphatic rings. The highest BCUT2D eigenvalue weighted by Crippen LogP contribution is 2.19. The maximum atomic E-state index is 5.67. The first-order valence-corrected chi connectivity index (χ1v) is 8.19. The van der Waals surface area contributed by atoms with E-state index in [2.05, 4.69) is 24.8 Å². The van der Waals surface area contributed by atoms with E-state index in [1.807, 2.05) is 13.1 Å². The molecule has 7 nitrogen and oxygen atoms in total. The van der Waals surface area contributed by atoms with Crippen molar-refractivity contribution in [2.24, 2.45) is 0 Å². The summed E-state index contributed by atoms with van der Waals surface area (Å²) in [5.74, 6) is 1.38. The number of piperazine rings is 1. The van der Waals surface area contributed by atoms with E-state index >= 15 is 0 Å². The summed E-state index contributed by atoms with van der Waals surface area (Å²) in [6, 6.07) is 1.79. The van der Waals surface area contributed by atoms with Gasteiger partial charge in [0.15, 0.2) is 5.13 Å². The van der Waals surface area contributed by atoms with E-state index in [0.29, 0.717) is 17.6 Å². The van der Waals surface area contributed by atoms with Crippen LogP contribution in [0.5, 0.6) is 5.88 Å². The van der Waals surface area contributed by atoms with Gasteiger partial charge in [-0.2, -0.15) is 4.98 Å². The Bertz CT molecular complexity index is 611. The molecule has 0 unspecified atom stereocenters. The Morgan fingerprint density at radius 1 is 1.27 bits per heavy atom.